The molecular weight excluding hydrogens is 348 g/mol. The second-order valence-corrected chi connectivity index (χ2v) is 8.53. The first-order valence-corrected chi connectivity index (χ1v) is 10.6. The Hall–Kier alpha value is -2.14. The molecule has 2 aromatic rings. The number of aromatic nitrogens is 2. The molecule has 3 rings (SSSR count). The Morgan fingerprint density at radius 1 is 1.25 bits per heavy atom. The van der Waals surface area contributed by atoms with Crippen molar-refractivity contribution < 1.29 is 4.79 Å². The van der Waals surface area contributed by atoms with Gasteiger partial charge in [0, 0.05) is 24.1 Å². The smallest absolute Gasteiger partial charge is 0.228 e. The summed E-state index contributed by atoms with van der Waals surface area (Å²) in [5, 5.41) is 11.1. The van der Waals surface area contributed by atoms with Gasteiger partial charge in [-0.15, -0.1) is 0 Å². The lowest BCUT2D eigenvalue weighted by molar-refractivity contribution is -0.124. The second kappa shape index (κ2) is 9.37. The maximum atomic E-state index is 13.2. The fourth-order valence-corrected chi connectivity index (χ4v) is 4.38. The van der Waals surface area contributed by atoms with E-state index in [1.165, 1.54) is 6.42 Å². The highest BCUT2D eigenvalue weighted by molar-refractivity contribution is 5.92. The number of amides is 1. The number of nitrogens with one attached hydrogen (secondary N) is 2. The minimum Gasteiger partial charge on any atom is -0.318 e. The van der Waals surface area contributed by atoms with Crippen LogP contribution in [0, 0.1) is 23.7 Å². The SMILES string of the molecule is CNCCn1nc(-c2ccccc2)cc1NC(=O)[C@@H]1C[C@H](C)CC[C@H]1C(C)C. The average Bonchev–Trinajstić information content (AvgIpc) is 3.09. The molecular formula is C23H34N4O. The van der Waals surface area contributed by atoms with Gasteiger partial charge in [0.15, 0.2) is 0 Å². The fraction of sp³-hybridized carbons (Fsp3) is 0.565. The van der Waals surface area contributed by atoms with E-state index < -0.39 is 0 Å². The van der Waals surface area contributed by atoms with Crippen molar-refractivity contribution in [1.82, 2.24) is 15.1 Å². The molecule has 0 aliphatic heterocycles. The first kappa shape index (κ1) is 20.6. The number of nitrogens with zero attached hydrogens (tertiary/aromatic N) is 2. The zero-order chi connectivity index (χ0) is 20.1. The molecule has 1 aliphatic rings. The van der Waals surface area contributed by atoms with Gasteiger partial charge in [-0.25, -0.2) is 4.68 Å². The first-order chi connectivity index (χ1) is 13.5. The Balaban J connectivity index is 1.83. The summed E-state index contributed by atoms with van der Waals surface area (Å²) in [5.41, 5.74) is 1.96. The predicted octanol–water partition coefficient (Wildman–Crippen LogP) is 4.42. The molecule has 1 amide bonds. The van der Waals surface area contributed by atoms with Gasteiger partial charge in [-0.05, 0) is 37.6 Å². The van der Waals surface area contributed by atoms with E-state index >= 15 is 0 Å². The number of carbonyl (C=O) groups excluding carboxylic acids is 1. The van der Waals surface area contributed by atoms with Crippen LogP contribution in [0.5, 0.6) is 0 Å². The molecule has 0 saturated heterocycles. The topological polar surface area (TPSA) is 59.0 Å². The monoisotopic (exact) mass is 382 g/mol. The maximum absolute atomic E-state index is 13.2. The Kier molecular flexibility index (Phi) is 6.89. The number of hydrogen-bond acceptors (Lipinski definition) is 3. The quantitative estimate of drug-likeness (QED) is 0.745. The van der Waals surface area contributed by atoms with Crippen molar-refractivity contribution in [3.63, 3.8) is 0 Å². The maximum Gasteiger partial charge on any atom is 0.228 e. The van der Waals surface area contributed by atoms with Gasteiger partial charge in [-0.2, -0.15) is 5.10 Å². The lowest BCUT2D eigenvalue weighted by Crippen LogP contribution is -2.37. The summed E-state index contributed by atoms with van der Waals surface area (Å²) in [7, 11) is 1.93. The van der Waals surface area contributed by atoms with Crippen LogP contribution in [0.3, 0.4) is 0 Å². The van der Waals surface area contributed by atoms with Crippen molar-refractivity contribution in [2.75, 3.05) is 18.9 Å². The first-order valence-electron chi connectivity index (χ1n) is 10.6. The standard InChI is InChI=1S/C23H34N4O/c1-16(2)19-11-10-17(3)14-20(19)23(28)25-22-15-21(18-8-6-5-7-9-18)26-27(22)13-12-24-4/h5-9,15-17,19-20,24H,10-14H2,1-4H3,(H,25,28)/t17-,19+,20-/m1/s1. The minimum absolute atomic E-state index is 0.0802. The molecule has 28 heavy (non-hydrogen) atoms. The third-order valence-corrected chi connectivity index (χ3v) is 6.03. The van der Waals surface area contributed by atoms with Crippen LogP contribution in [0.2, 0.25) is 0 Å². The summed E-state index contributed by atoms with van der Waals surface area (Å²) >= 11 is 0. The van der Waals surface area contributed by atoms with E-state index in [-0.39, 0.29) is 11.8 Å². The van der Waals surface area contributed by atoms with Crippen LogP contribution in [0.4, 0.5) is 5.82 Å². The predicted molar refractivity (Wildman–Crippen MR) is 115 cm³/mol. The summed E-state index contributed by atoms with van der Waals surface area (Å²) < 4.78 is 1.91. The van der Waals surface area contributed by atoms with Gasteiger partial charge in [0.05, 0.1) is 12.2 Å². The van der Waals surface area contributed by atoms with Crippen LogP contribution in [0.25, 0.3) is 11.3 Å². The molecule has 3 atom stereocenters. The van der Waals surface area contributed by atoms with Crippen molar-refractivity contribution in [2.45, 2.75) is 46.6 Å². The van der Waals surface area contributed by atoms with Gasteiger partial charge in [-0.1, -0.05) is 57.5 Å². The molecule has 5 heteroatoms. The van der Waals surface area contributed by atoms with Gasteiger partial charge in [-0.3, -0.25) is 4.79 Å². The van der Waals surface area contributed by atoms with Crippen LogP contribution in [-0.4, -0.2) is 29.3 Å². The van der Waals surface area contributed by atoms with E-state index in [4.69, 9.17) is 5.10 Å². The Morgan fingerprint density at radius 3 is 2.68 bits per heavy atom. The van der Waals surface area contributed by atoms with Crippen molar-refractivity contribution in [1.29, 1.82) is 0 Å². The number of rotatable bonds is 7. The summed E-state index contributed by atoms with van der Waals surface area (Å²) in [6, 6.07) is 12.1. The molecule has 1 aliphatic carbocycles. The normalized spacial score (nSPS) is 22.4. The average molecular weight is 383 g/mol. The van der Waals surface area contributed by atoms with Gasteiger partial charge in [0.25, 0.3) is 0 Å². The third-order valence-electron chi connectivity index (χ3n) is 6.03. The molecule has 1 heterocycles. The van der Waals surface area contributed by atoms with Crippen molar-refractivity contribution >= 4 is 11.7 Å². The van der Waals surface area contributed by atoms with E-state index in [1.54, 1.807) is 0 Å². The molecule has 1 saturated carbocycles. The highest BCUT2D eigenvalue weighted by Crippen LogP contribution is 2.38. The number of anilines is 1. The second-order valence-electron chi connectivity index (χ2n) is 8.53. The minimum atomic E-state index is 0.0802. The molecule has 1 aromatic carbocycles. The van der Waals surface area contributed by atoms with Crippen molar-refractivity contribution in [3.8, 4) is 11.3 Å². The van der Waals surface area contributed by atoms with Crippen LogP contribution >= 0.6 is 0 Å². The van der Waals surface area contributed by atoms with E-state index in [2.05, 4.69) is 31.4 Å². The van der Waals surface area contributed by atoms with E-state index in [9.17, 15) is 4.79 Å². The zero-order valence-corrected chi connectivity index (χ0v) is 17.6. The highest BCUT2D eigenvalue weighted by Gasteiger charge is 2.35. The molecule has 5 nitrogen and oxygen atoms in total. The van der Waals surface area contributed by atoms with Crippen LogP contribution < -0.4 is 10.6 Å². The number of benzene rings is 1. The van der Waals surface area contributed by atoms with E-state index in [0.29, 0.717) is 24.3 Å². The number of hydrogen-bond donors (Lipinski definition) is 2. The summed E-state index contributed by atoms with van der Waals surface area (Å²) in [6.07, 6.45) is 3.35. The van der Waals surface area contributed by atoms with Crippen LogP contribution in [0.1, 0.15) is 40.0 Å². The van der Waals surface area contributed by atoms with Crippen LogP contribution in [0.15, 0.2) is 36.4 Å². The molecule has 1 aromatic heterocycles. The molecule has 0 unspecified atom stereocenters. The Morgan fingerprint density at radius 2 is 2.00 bits per heavy atom. The largest absolute Gasteiger partial charge is 0.318 e. The van der Waals surface area contributed by atoms with Gasteiger partial charge in [0.2, 0.25) is 5.91 Å². The molecule has 2 N–H and O–H groups in total. The number of carbonyl (C=O) groups is 1. The lowest BCUT2D eigenvalue weighted by atomic mass is 9.70. The molecule has 0 spiro atoms. The van der Waals surface area contributed by atoms with Crippen LogP contribution in [-0.2, 0) is 11.3 Å². The van der Waals surface area contributed by atoms with Crippen molar-refractivity contribution in [3.05, 3.63) is 36.4 Å². The number of likely N-dealkylation sites (N-methyl/N-ethyl adjacent to an activating group) is 1. The molecule has 1 fully saturated rings. The third kappa shape index (κ3) is 4.82. The summed E-state index contributed by atoms with van der Waals surface area (Å²) in [5.74, 6) is 2.61. The summed E-state index contributed by atoms with van der Waals surface area (Å²) in [4.78, 5) is 13.2. The fourth-order valence-electron chi connectivity index (χ4n) is 4.38. The lowest BCUT2D eigenvalue weighted by Gasteiger charge is -2.36. The van der Waals surface area contributed by atoms with Gasteiger partial charge >= 0.3 is 0 Å². The van der Waals surface area contributed by atoms with Gasteiger partial charge < -0.3 is 10.6 Å². The Bertz CT molecular complexity index is 768. The Labute approximate surface area is 168 Å². The molecule has 152 valence electrons. The molecule has 0 bridgehead atoms. The summed E-state index contributed by atoms with van der Waals surface area (Å²) in [6.45, 7) is 8.26. The van der Waals surface area contributed by atoms with Gasteiger partial charge in [0.1, 0.15) is 5.82 Å². The van der Waals surface area contributed by atoms with E-state index in [0.717, 1.165) is 36.5 Å². The highest BCUT2D eigenvalue weighted by atomic mass is 16.2. The van der Waals surface area contributed by atoms with E-state index in [1.807, 2.05) is 48.1 Å². The molecule has 0 radical (unpaired) electrons. The van der Waals surface area contributed by atoms with Crippen molar-refractivity contribution in [2.24, 2.45) is 23.7 Å². The zero-order valence-electron chi connectivity index (χ0n) is 17.6.